The lowest BCUT2D eigenvalue weighted by Crippen LogP contribution is -1.90. The van der Waals surface area contributed by atoms with Crippen LogP contribution < -0.4 is 5.73 Å². The Bertz CT molecular complexity index is 759. The van der Waals surface area contributed by atoms with Crippen molar-refractivity contribution in [2.45, 2.75) is 13.8 Å². The zero-order valence-corrected chi connectivity index (χ0v) is 11.6. The molecule has 0 aliphatic heterocycles. The highest BCUT2D eigenvalue weighted by atomic mass is 16.5. The molecule has 2 aromatic carbocycles. The predicted octanol–water partition coefficient (Wildman–Crippen LogP) is 4.21. The summed E-state index contributed by atoms with van der Waals surface area (Å²) in [7, 11) is 0. The lowest BCUT2D eigenvalue weighted by molar-refractivity contribution is 0.436. The van der Waals surface area contributed by atoms with Gasteiger partial charge in [0.25, 0.3) is 0 Å². The molecule has 0 atom stereocenters. The molecule has 0 saturated heterocycles. The maximum absolute atomic E-state index is 6.01. The van der Waals surface area contributed by atoms with Gasteiger partial charge in [0.2, 0.25) is 0 Å². The summed E-state index contributed by atoms with van der Waals surface area (Å²) in [6, 6.07) is 16.2. The fourth-order valence-electron chi connectivity index (χ4n) is 2.39. The molecule has 3 aromatic rings. The maximum Gasteiger partial charge on any atom is 0.177 e. The Kier molecular flexibility index (Phi) is 3.03. The van der Waals surface area contributed by atoms with Crippen molar-refractivity contribution in [3.63, 3.8) is 0 Å². The molecular formula is C17H16N2O. The van der Waals surface area contributed by atoms with E-state index in [9.17, 15) is 0 Å². The highest BCUT2D eigenvalue weighted by molar-refractivity contribution is 5.87. The Morgan fingerprint density at radius 1 is 1.00 bits per heavy atom. The Hall–Kier alpha value is -2.55. The fraction of sp³-hybridized carbons (Fsp3) is 0.118. The third-order valence-electron chi connectivity index (χ3n) is 3.41. The molecule has 0 saturated carbocycles. The minimum absolute atomic E-state index is 0.425. The summed E-state index contributed by atoms with van der Waals surface area (Å²) in [5, 5.41) is 3.94. The second-order valence-corrected chi connectivity index (χ2v) is 4.96. The summed E-state index contributed by atoms with van der Waals surface area (Å²) in [5.74, 6) is 1.15. The third kappa shape index (κ3) is 2.07. The first-order chi connectivity index (χ1) is 9.66. The Morgan fingerprint density at radius 3 is 2.55 bits per heavy atom. The smallest absolute Gasteiger partial charge is 0.177 e. The molecule has 2 N–H and O–H groups in total. The minimum Gasteiger partial charge on any atom is -0.380 e. The SMILES string of the molecule is Cc1cccc(-c2c(N)noc2-c2ccccc2C)c1. The molecule has 3 heteroatoms. The molecule has 3 rings (SSSR count). The average Bonchev–Trinajstić information content (AvgIpc) is 2.81. The second-order valence-electron chi connectivity index (χ2n) is 4.96. The Morgan fingerprint density at radius 2 is 1.80 bits per heavy atom. The number of rotatable bonds is 2. The summed E-state index contributed by atoms with van der Waals surface area (Å²) in [6.07, 6.45) is 0. The number of hydrogen-bond donors (Lipinski definition) is 1. The van der Waals surface area contributed by atoms with Gasteiger partial charge in [-0.3, -0.25) is 0 Å². The van der Waals surface area contributed by atoms with Crippen LogP contribution in [0, 0.1) is 13.8 Å². The molecule has 0 unspecified atom stereocenters. The monoisotopic (exact) mass is 264 g/mol. The number of hydrogen-bond acceptors (Lipinski definition) is 3. The molecule has 20 heavy (non-hydrogen) atoms. The van der Waals surface area contributed by atoms with E-state index in [0.29, 0.717) is 5.82 Å². The molecule has 0 fully saturated rings. The Balaban J connectivity index is 2.23. The summed E-state index contributed by atoms with van der Waals surface area (Å²) in [5.41, 5.74) is 11.2. The standard InChI is InChI=1S/C17H16N2O/c1-11-6-5-8-13(10-11)15-16(20-19-17(15)18)14-9-4-3-7-12(14)2/h3-10H,1-2H3,(H2,18,19). The molecule has 0 bridgehead atoms. The number of nitrogens with two attached hydrogens (primary N) is 1. The van der Waals surface area contributed by atoms with E-state index in [2.05, 4.69) is 24.2 Å². The highest BCUT2D eigenvalue weighted by Crippen LogP contribution is 2.37. The molecule has 0 spiro atoms. The molecule has 100 valence electrons. The van der Waals surface area contributed by atoms with Gasteiger partial charge in [0.15, 0.2) is 11.6 Å². The van der Waals surface area contributed by atoms with Crippen molar-refractivity contribution in [1.29, 1.82) is 0 Å². The molecule has 0 aliphatic carbocycles. The topological polar surface area (TPSA) is 52.0 Å². The van der Waals surface area contributed by atoms with E-state index in [1.54, 1.807) is 0 Å². The van der Waals surface area contributed by atoms with Crippen molar-refractivity contribution in [1.82, 2.24) is 5.16 Å². The molecule has 0 radical (unpaired) electrons. The number of nitrogen functional groups attached to an aromatic ring is 1. The van der Waals surface area contributed by atoms with E-state index in [-0.39, 0.29) is 0 Å². The van der Waals surface area contributed by atoms with Gasteiger partial charge in [-0.2, -0.15) is 0 Å². The summed E-state index contributed by atoms with van der Waals surface area (Å²) < 4.78 is 5.48. The van der Waals surface area contributed by atoms with Gasteiger partial charge in [-0.05, 0) is 25.0 Å². The van der Waals surface area contributed by atoms with Crippen molar-refractivity contribution in [2.24, 2.45) is 0 Å². The highest BCUT2D eigenvalue weighted by Gasteiger charge is 2.18. The summed E-state index contributed by atoms with van der Waals surface area (Å²) >= 11 is 0. The predicted molar refractivity (Wildman–Crippen MR) is 81.3 cm³/mol. The lowest BCUT2D eigenvalue weighted by atomic mass is 9.98. The van der Waals surface area contributed by atoms with Crippen LogP contribution in [0.25, 0.3) is 22.5 Å². The van der Waals surface area contributed by atoms with Crippen molar-refractivity contribution >= 4 is 5.82 Å². The van der Waals surface area contributed by atoms with Gasteiger partial charge in [-0.15, -0.1) is 0 Å². The van der Waals surface area contributed by atoms with Crippen LogP contribution in [-0.4, -0.2) is 5.16 Å². The molecular weight excluding hydrogens is 248 g/mol. The van der Waals surface area contributed by atoms with Gasteiger partial charge in [-0.1, -0.05) is 59.3 Å². The molecule has 0 amide bonds. The molecule has 1 heterocycles. The quantitative estimate of drug-likeness (QED) is 0.754. The van der Waals surface area contributed by atoms with E-state index in [0.717, 1.165) is 28.0 Å². The largest absolute Gasteiger partial charge is 0.380 e. The number of aromatic nitrogens is 1. The van der Waals surface area contributed by atoms with E-state index in [1.165, 1.54) is 5.56 Å². The lowest BCUT2D eigenvalue weighted by Gasteiger charge is -2.06. The van der Waals surface area contributed by atoms with Crippen LogP contribution in [0.15, 0.2) is 53.1 Å². The summed E-state index contributed by atoms with van der Waals surface area (Å²) in [4.78, 5) is 0. The van der Waals surface area contributed by atoms with Gasteiger partial charge in [0.05, 0.1) is 5.56 Å². The van der Waals surface area contributed by atoms with Crippen LogP contribution in [0.1, 0.15) is 11.1 Å². The first kappa shape index (κ1) is 12.5. The summed E-state index contributed by atoms with van der Waals surface area (Å²) in [6.45, 7) is 4.11. The van der Waals surface area contributed by atoms with Gasteiger partial charge >= 0.3 is 0 Å². The third-order valence-corrected chi connectivity index (χ3v) is 3.41. The Labute approximate surface area is 118 Å². The number of anilines is 1. The van der Waals surface area contributed by atoms with E-state index < -0.39 is 0 Å². The zero-order chi connectivity index (χ0) is 14.1. The number of aryl methyl sites for hydroxylation is 2. The molecule has 3 nitrogen and oxygen atoms in total. The van der Waals surface area contributed by atoms with Crippen LogP contribution in [0.5, 0.6) is 0 Å². The van der Waals surface area contributed by atoms with Crippen molar-refractivity contribution in [3.8, 4) is 22.5 Å². The van der Waals surface area contributed by atoms with Crippen molar-refractivity contribution < 1.29 is 4.52 Å². The normalized spacial score (nSPS) is 10.7. The van der Waals surface area contributed by atoms with E-state index in [1.807, 2.05) is 43.3 Å². The van der Waals surface area contributed by atoms with E-state index >= 15 is 0 Å². The number of benzene rings is 2. The fourth-order valence-corrected chi connectivity index (χ4v) is 2.39. The second kappa shape index (κ2) is 4.85. The van der Waals surface area contributed by atoms with Gasteiger partial charge < -0.3 is 10.3 Å². The first-order valence-corrected chi connectivity index (χ1v) is 6.55. The van der Waals surface area contributed by atoms with Crippen LogP contribution in [-0.2, 0) is 0 Å². The van der Waals surface area contributed by atoms with Gasteiger partial charge in [0, 0.05) is 5.56 Å². The number of nitrogens with zero attached hydrogens (tertiary/aromatic N) is 1. The molecule has 0 aliphatic rings. The van der Waals surface area contributed by atoms with E-state index in [4.69, 9.17) is 10.3 Å². The van der Waals surface area contributed by atoms with Crippen LogP contribution >= 0.6 is 0 Å². The minimum atomic E-state index is 0.425. The average molecular weight is 264 g/mol. The van der Waals surface area contributed by atoms with Crippen LogP contribution in [0.3, 0.4) is 0 Å². The van der Waals surface area contributed by atoms with Crippen molar-refractivity contribution in [2.75, 3.05) is 5.73 Å². The zero-order valence-electron chi connectivity index (χ0n) is 11.6. The first-order valence-electron chi connectivity index (χ1n) is 6.55. The maximum atomic E-state index is 6.01. The van der Waals surface area contributed by atoms with Crippen LogP contribution in [0.2, 0.25) is 0 Å². The van der Waals surface area contributed by atoms with Gasteiger partial charge in [-0.25, -0.2) is 0 Å². The molecule has 1 aromatic heterocycles. The van der Waals surface area contributed by atoms with Crippen molar-refractivity contribution in [3.05, 3.63) is 59.7 Å². The van der Waals surface area contributed by atoms with Gasteiger partial charge in [0.1, 0.15) is 0 Å². The van der Waals surface area contributed by atoms with Crippen LogP contribution in [0.4, 0.5) is 5.82 Å².